The minimum atomic E-state index is -0.267. The number of methoxy groups -OCH3 is 1. The van der Waals surface area contributed by atoms with Crippen molar-refractivity contribution in [2.24, 2.45) is 5.73 Å². The lowest BCUT2D eigenvalue weighted by Crippen LogP contribution is -2.08. The molecule has 0 saturated carbocycles. The van der Waals surface area contributed by atoms with E-state index >= 15 is 0 Å². The molecule has 1 aromatic carbocycles. The highest BCUT2D eigenvalue weighted by Crippen LogP contribution is 2.25. The molecule has 0 amide bonds. The van der Waals surface area contributed by atoms with E-state index in [1.807, 2.05) is 6.07 Å². The Labute approximate surface area is 83.8 Å². The molecule has 0 radical (unpaired) electrons. The first-order valence-electron chi connectivity index (χ1n) is 4.38. The van der Waals surface area contributed by atoms with Gasteiger partial charge in [-0.2, -0.15) is 0 Å². The number of benzene rings is 1. The van der Waals surface area contributed by atoms with E-state index in [1.165, 1.54) is 0 Å². The van der Waals surface area contributed by atoms with Crippen molar-refractivity contribution in [1.82, 2.24) is 0 Å². The molecule has 3 nitrogen and oxygen atoms in total. The number of rotatable bonds is 4. The van der Waals surface area contributed by atoms with Gasteiger partial charge in [0.05, 0.1) is 19.8 Å². The highest BCUT2D eigenvalue weighted by molar-refractivity contribution is 5.40. The zero-order valence-corrected chi connectivity index (χ0v) is 8.23. The Morgan fingerprint density at radius 1 is 1.64 bits per heavy atom. The number of aliphatic hydroxyl groups is 1. The summed E-state index contributed by atoms with van der Waals surface area (Å²) in [4.78, 5) is 0. The number of ether oxygens (including phenoxy) is 1. The molecule has 0 fully saturated rings. The molecule has 0 aliphatic rings. The lowest BCUT2D eigenvalue weighted by molar-refractivity contribution is 0.281. The van der Waals surface area contributed by atoms with Gasteiger partial charge in [-0.3, -0.25) is 0 Å². The summed E-state index contributed by atoms with van der Waals surface area (Å²) in [5.74, 6) is 0.717. The summed E-state index contributed by atoms with van der Waals surface area (Å²) < 4.78 is 5.16. The van der Waals surface area contributed by atoms with Crippen LogP contribution in [0.15, 0.2) is 30.9 Å². The van der Waals surface area contributed by atoms with E-state index in [4.69, 9.17) is 15.6 Å². The quantitative estimate of drug-likeness (QED) is 0.710. The fourth-order valence-electron chi connectivity index (χ4n) is 1.27. The van der Waals surface area contributed by atoms with Crippen LogP contribution in [-0.2, 0) is 6.61 Å². The van der Waals surface area contributed by atoms with Gasteiger partial charge in [0, 0.05) is 5.56 Å². The zero-order chi connectivity index (χ0) is 10.6. The van der Waals surface area contributed by atoms with Gasteiger partial charge in [-0.1, -0.05) is 12.1 Å². The van der Waals surface area contributed by atoms with Crippen molar-refractivity contribution < 1.29 is 9.84 Å². The van der Waals surface area contributed by atoms with Gasteiger partial charge in [-0.25, -0.2) is 0 Å². The van der Waals surface area contributed by atoms with Crippen LogP contribution in [0.25, 0.3) is 0 Å². The first-order valence-corrected chi connectivity index (χ1v) is 4.38. The molecule has 14 heavy (non-hydrogen) atoms. The molecule has 1 rings (SSSR count). The van der Waals surface area contributed by atoms with Crippen LogP contribution in [-0.4, -0.2) is 12.2 Å². The van der Waals surface area contributed by atoms with Gasteiger partial charge in [0.15, 0.2) is 0 Å². The van der Waals surface area contributed by atoms with E-state index in [9.17, 15) is 0 Å². The van der Waals surface area contributed by atoms with Crippen LogP contribution in [0, 0.1) is 0 Å². The third-order valence-corrected chi connectivity index (χ3v) is 2.09. The monoisotopic (exact) mass is 193 g/mol. The van der Waals surface area contributed by atoms with Gasteiger partial charge < -0.3 is 15.6 Å². The summed E-state index contributed by atoms with van der Waals surface area (Å²) in [6.07, 6.45) is 1.64. The van der Waals surface area contributed by atoms with Crippen LogP contribution in [0.4, 0.5) is 0 Å². The maximum absolute atomic E-state index is 8.97. The van der Waals surface area contributed by atoms with E-state index in [2.05, 4.69) is 6.58 Å². The van der Waals surface area contributed by atoms with Gasteiger partial charge in [0.2, 0.25) is 0 Å². The average molecular weight is 193 g/mol. The van der Waals surface area contributed by atoms with E-state index in [0.717, 1.165) is 16.9 Å². The van der Waals surface area contributed by atoms with E-state index in [1.54, 1.807) is 25.3 Å². The van der Waals surface area contributed by atoms with Crippen molar-refractivity contribution in [3.8, 4) is 5.75 Å². The molecule has 0 spiro atoms. The third-order valence-electron chi connectivity index (χ3n) is 2.09. The standard InChI is InChI=1S/C11H15NO2/c1-3-10(12)9-6-8(7-13)4-5-11(9)14-2/h3-6,10,13H,1,7,12H2,2H3. The molecule has 76 valence electrons. The minimum absolute atomic E-state index is 0.000850. The van der Waals surface area contributed by atoms with Crippen LogP contribution >= 0.6 is 0 Å². The molecular weight excluding hydrogens is 178 g/mol. The first kappa shape index (κ1) is 10.8. The summed E-state index contributed by atoms with van der Waals surface area (Å²) >= 11 is 0. The van der Waals surface area contributed by atoms with Crippen LogP contribution < -0.4 is 10.5 Å². The highest BCUT2D eigenvalue weighted by Gasteiger charge is 2.09. The Morgan fingerprint density at radius 3 is 2.86 bits per heavy atom. The Morgan fingerprint density at radius 2 is 2.36 bits per heavy atom. The van der Waals surface area contributed by atoms with Crippen LogP contribution in [0.2, 0.25) is 0 Å². The Hall–Kier alpha value is -1.32. The van der Waals surface area contributed by atoms with Gasteiger partial charge in [-0.05, 0) is 17.7 Å². The van der Waals surface area contributed by atoms with Crippen molar-refractivity contribution >= 4 is 0 Å². The molecule has 1 unspecified atom stereocenters. The average Bonchev–Trinajstić information content (AvgIpc) is 2.27. The maximum Gasteiger partial charge on any atom is 0.123 e. The SMILES string of the molecule is C=CC(N)c1cc(CO)ccc1OC. The topological polar surface area (TPSA) is 55.5 Å². The molecule has 0 aliphatic heterocycles. The lowest BCUT2D eigenvalue weighted by atomic mass is 10.0. The second-order valence-corrected chi connectivity index (χ2v) is 3.00. The molecule has 0 saturated heterocycles. The van der Waals surface area contributed by atoms with Gasteiger partial charge in [-0.15, -0.1) is 6.58 Å². The molecular formula is C11H15NO2. The van der Waals surface area contributed by atoms with Crippen LogP contribution in [0.5, 0.6) is 5.75 Å². The Bertz CT molecular complexity index is 323. The summed E-state index contributed by atoms with van der Waals surface area (Å²) in [7, 11) is 1.59. The molecule has 3 heteroatoms. The summed E-state index contributed by atoms with van der Waals surface area (Å²) in [5.41, 5.74) is 7.47. The molecule has 1 aromatic rings. The van der Waals surface area contributed by atoms with Crippen molar-refractivity contribution in [1.29, 1.82) is 0 Å². The normalized spacial score (nSPS) is 12.2. The Balaban J connectivity index is 3.14. The molecule has 0 heterocycles. The maximum atomic E-state index is 8.97. The number of aliphatic hydroxyl groups excluding tert-OH is 1. The largest absolute Gasteiger partial charge is 0.496 e. The fraction of sp³-hybridized carbons (Fsp3) is 0.273. The zero-order valence-electron chi connectivity index (χ0n) is 8.23. The minimum Gasteiger partial charge on any atom is -0.496 e. The Kier molecular flexibility index (Phi) is 3.68. The van der Waals surface area contributed by atoms with E-state index in [-0.39, 0.29) is 12.6 Å². The third kappa shape index (κ3) is 2.13. The second-order valence-electron chi connectivity index (χ2n) is 3.00. The van der Waals surface area contributed by atoms with Gasteiger partial charge in [0.1, 0.15) is 5.75 Å². The van der Waals surface area contributed by atoms with E-state index < -0.39 is 0 Å². The van der Waals surface area contributed by atoms with Crippen molar-refractivity contribution in [2.75, 3.05) is 7.11 Å². The molecule has 0 aromatic heterocycles. The van der Waals surface area contributed by atoms with Crippen molar-refractivity contribution in [2.45, 2.75) is 12.6 Å². The molecule has 3 N–H and O–H groups in total. The van der Waals surface area contributed by atoms with Crippen LogP contribution in [0.1, 0.15) is 17.2 Å². The predicted molar refractivity (Wildman–Crippen MR) is 56.0 cm³/mol. The lowest BCUT2D eigenvalue weighted by Gasteiger charge is -2.13. The number of hydrogen-bond acceptors (Lipinski definition) is 3. The van der Waals surface area contributed by atoms with Crippen molar-refractivity contribution in [3.05, 3.63) is 42.0 Å². The number of nitrogens with two attached hydrogens (primary N) is 1. The van der Waals surface area contributed by atoms with Crippen LogP contribution in [0.3, 0.4) is 0 Å². The smallest absolute Gasteiger partial charge is 0.123 e. The second kappa shape index (κ2) is 4.79. The molecule has 1 atom stereocenters. The highest BCUT2D eigenvalue weighted by atomic mass is 16.5. The first-order chi connectivity index (χ1) is 6.72. The summed E-state index contributed by atoms with van der Waals surface area (Å²) in [5, 5.41) is 8.97. The predicted octanol–water partition coefficient (Wildman–Crippen LogP) is 1.37. The number of hydrogen-bond donors (Lipinski definition) is 2. The molecule has 0 aliphatic carbocycles. The van der Waals surface area contributed by atoms with Gasteiger partial charge in [0.25, 0.3) is 0 Å². The van der Waals surface area contributed by atoms with Gasteiger partial charge >= 0.3 is 0 Å². The molecule has 0 bridgehead atoms. The summed E-state index contributed by atoms with van der Waals surface area (Å²) in [6, 6.07) is 5.16. The fourth-order valence-corrected chi connectivity index (χ4v) is 1.27. The van der Waals surface area contributed by atoms with Crippen molar-refractivity contribution in [3.63, 3.8) is 0 Å². The van der Waals surface area contributed by atoms with E-state index in [0.29, 0.717) is 0 Å². The summed E-state index contributed by atoms with van der Waals surface area (Å²) in [6.45, 7) is 3.63.